The number of carboxylic acids is 1. The average molecular weight is 244 g/mol. The molecule has 0 aliphatic rings. The van der Waals surface area contributed by atoms with E-state index in [1.165, 1.54) is 25.3 Å². The molecule has 6 heteroatoms. The summed E-state index contributed by atoms with van der Waals surface area (Å²) in [5.74, 6) is -1.43. The third-order valence-electron chi connectivity index (χ3n) is 1.77. The number of carboxylic acid groups (broad SMARTS) is 1. The number of halogens is 1. The summed E-state index contributed by atoms with van der Waals surface area (Å²) in [5, 5.41) is 11.4. The van der Waals surface area contributed by atoms with Crippen molar-refractivity contribution in [3.05, 3.63) is 28.8 Å². The lowest BCUT2D eigenvalue weighted by Crippen LogP contribution is -2.17. The molecule has 1 aromatic rings. The molecule has 0 bridgehead atoms. The molecule has 16 heavy (non-hydrogen) atoms. The molecule has 0 radical (unpaired) electrons. The molecule has 0 fully saturated rings. The number of carbonyl (C=O) groups is 2. The van der Waals surface area contributed by atoms with Crippen LogP contribution >= 0.6 is 11.6 Å². The van der Waals surface area contributed by atoms with Crippen LogP contribution in [-0.2, 0) is 9.53 Å². The minimum absolute atomic E-state index is 0.0646. The molecule has 0 unspecified atom stereocenters. The van der Waals surface area contributed by atoms with E-state index in [1.807, 2.05) is 0 Å². The number of aromatic carboxylic acids is 1. The summed E-state index contributed by atoms with van der Waals surface area (Å²) < 4.78 is 4.63. The maximum atomic E-state index is 11.2. The van der Waals surface area contributed by atoms with E-state index in [-0.39, 0.29) is 23.1 Å². The van der Waals surface area contributed by atoms with Crippen LogP contribution in [0.5, 0.6) is 0 Å². The third kappa shape index (κ3) is 3.22. The van der Waals surface area contributed by atoms with Gasteiger partial charge in [-0.25, -0.2) is 4.79 Å². The van der Waals surface area contributed by atoms with Gasteiger partial charge >= 0.3 is 5.97 Å². The Bertz CT molecular complexity index is 419. The highest BCUT2D eigenvalue weighted by atomic mass is 35.5. The molecule has 0 saturated carbocycles. The zero-order chi connectivity index (χ0) is 12.1. The number of nitrogens with one attached hydrogen (secondary N) is 1. The van der Waals surface area contributed by atoms with Gasteiger partial charge in [0.1, 0.15) is 6.61 Å². The molecular weight excluding hydrogens is 234 g/mol. The van der Waals surface area contributed by atoms with Gasteiger partial charge in [0.25, 0.3) is 0 Å². The lowest BCUT2D eigenvalue weighted by atomic mass is 10.2. The Morgan fingerprint density at radius 1 is 1.50 bits per heavy atom. The van der Waals surface area contributed by atoms with Crippen LogP contribution in [0.1, 0.15) is 10.4 Å². The summed E-state index contributed by atoms with van der Waals surface area (Å²) >= 11 is 5.80. The topological polar surface area (TPSA) is 75.6 Å². The van der Waals surface area contributed by atoms with Crippen LogP contribution in [0.15, 0.2) is 18.2 Å². The van der Waals surface area contributed by atoms with E-state index in [4.69, 9.17) is 16.7 Å². The standard InChI is InChI=1S/C10H10ClNO4/c1-16-5-9(13)12-8-3-2-6(10(14)15)4-7(8)11/h2-4H,5H2,1H3,(H,12,13)(H,14,15). The SMILES string of the molecule is COCC(=O)Nc1ccc(C(=O)O)cc1Cl. The maximum Gasteiger partial charge on any atom is 0.335 e. The van der Waals surface area contributed by atoms with Crippen LogP contribution in [0.25, 0.3) is 0 Å². The monoisotopic (exact) mass is 243 g/mol. The number of ether oxygens (including phenoxy) is 1. The van der Waals surface area contributed by atoms with E-state index in [1.54, 1.807) is 0 Å². The van der Waals surface area contributed by atoms with Crippen molar-refractivity contribution in [2.45, 2.75) is 0 Å². The van der Waals surface area contributed by atoms with Gasteiger partial charge in [0.2, 0.25) is 5.91 Å². The highest BCUT2D eigenvalue weighted by Gasteiger charge is 2.09. The molecule has 1 aromatic carbocycles. The molecule has 0 aliphatic carbocycles. The normalized spacial score (nSPS) is 9.88. The minimum Gasteiger partial charge on any atom is -0.478 e. The fourth-order valence-corrected chi connectivity index (χ4v) is 1.29. The first-order valence-electron chi connectivity index (χ1n) is 4.36. The van der Waals surface area contributed by atoms with E-state index in [2.05, 4.69) is 10.1 Å². The zero-order valence-corrected chi connectivity index (χ0v) is 9.25. The molecule has 0 saturated heterocycles. The lowest BCUT2D eigenvalue weighted by Gasteiger charge is -2.07. The van der Waals surface area contributed by atoms with Crippen molar-refractivity contribution in [1.29, 1.82) is 0 Å². The number of benzene rings is 1. The van der Waals surface area contributed by atoms with E-state index in [0.29, 0.717) is 5.69 Å². The van der Waals surface area contributed by atoms with Gasteiger partial charge in [-0.1, -0.05) is 11.6 Å². The van der Waals surface area contributed by atoms with Gasteiger partial charge in [0.15, 0.2) is 0 Å². The van der Waals surface area contributed by atoms with Gasteiger partial charge in [-0.05, 0) is 18.2 Å². The number of anilines is 1. The smallest absolute Gasteiger partial charge is 0.335 e. The van der Waals surface area contributed by atoms with E-state index >= 15 is 0 Å². The second-order valence-electron chi connectivity index (χ2n) is 2.98. The summed E-state index contributed by atoms with van der Waals surface area (Å²) in [6.07, 6.45) is 0. The van der Waals surface area contributed by atoms with Gasteiger partial charge in [-0.2, -0.15) is 0 Å². The van der Waals surface area contributed by atoms with E-state index < -0.39 is 5.97 Å². The van der Waals surface area contributed by atoms with Gasteiger partial charge in [-0.3, -0.25) is 4.79 Å². The first-order valence-corrected chi connectivity index (χ1v) is 4.74. The Morgan fingerprint density at radius 3 is 2.69 bits per heavy atom. The van der Waals surface area contributed by atoms with Crippen molar-refractivity contribution < 1.29 is 19.4 Å². The molecule has 1 rings (SSSR count). The van der Waals surface area contributed by atoms with Crippen molar-refractivity contribution in [3.63, 3.8) is 0 Å². The van der Waals surface area contributed by atoms with Gasteiger partial charge in [-0.15, -0.1) is 0 Å². The second-order valence-corrected chi connectivity index (χ2v) is 3.39. The second kappa shape index (κ2) is 5.48. The maximum absolute atomic E-state index is 11.2. The number of hydrogen-bond acceptors (Lipinski definition) is 3. The first kappa shape index (κ1) is 12.5. The predicted molar refractivity (Wildman–Crippen MR) is 58.9 cm³/mol. The van der Waals surface area contributed by atoms with Gasteiger partial charge < -0.3 is 15.2 Å². The molecule has 0 aromatic heterocycles. The third-order valence-corrected chi connectivity index (χ3v) is 2.08. The molecule has 86 valence electrons. The van der Waals surface area contributed by atoms with Gasteiger partial charge in [0, 0.05) is 7.11 Å². The van der Waals surface area contributed by atoms with Crippen LogP contribution in [0.2, 0.25) is 5.02 Å². The first-order chi connectivity index (χ1) is 7.54. The average Bonchev–Trinajstić information content (AvgIpc) is 2.21. The molecular formula is C10H10ClNO4. The number of methoxy groups -OCH3 is 1. The zero-order valence-electron chi connectivity index (χ0n) is 8.49. The lowest BCUT2D eigenvalue weighted by molar-refractivity contribution is -0.119. The molecule has 0 aliphatic heterocycles. The predicted octanol–water partition coefficient (Wildman–Crippen LogP) is 1.62. The summed E-state index contributed by atoms with van der Waals surface area (Å²) in [4.78, 5) is 21.8. The van der Waals surface area contributed by atoms with Crippen molar-refractivity contribution >= 4 is 29.2 Å². The van der Waals surface area contributed by atoms with Crippen molar-refractivity contribution in [3.8, 4) is 0 Å². The van der Waals surface area contributed by atoms with Crippen molar-refractivity contribution in [2.75, 3.05) is 19.0 Å². The number of hydrogen-bond donors (Lipinski definition) is 2. The van der Waals surface area contributed by atoms with Crippen LogP contribution < -0.4 is 5.32 Å². The Balaban J connectivity index is 2.83. The summed E-state index contributed by atoms with van der Waals surface area (Å²) in [6.45, 7) is -0.0863. The molecule has 0 heterocycles. The number of carbonyl (C=O) groups excluding carboxylic acids is 1. The van der Waals surface area contributed by atoms with Crippen molar-refractivity contribution in [1.82, 2.24) is 0 Å². The summed E-state index contributed by atoms with van der Waals surface area (Å²) in [5.41, 5.74) is 0.420. The highest BCUT2D eigenvalue weighted by molar-refractivity contribution is 6.34. The van der Waals surface area contributed by atoms with Crippen LogP contribution in [0.3, 0.4) is 0 Å². The van der Waals surface area contributed by atoms with Crippen LogP contribution in [-0.4, -0.2) is 30.7 Å². The number of amides is 1. The fraction of sp³-hybridized carbons (Fsp3) is 0.200. The Morgan fingerprint density at radius 2 is 2.19 bits per heavy atom. The van der Waals surface area contributed by atoms with E-state index in [9.17, 15) is 9.59 Å². The molecule has 1 amide bonds. The van der Waals surface area contributed by atoms with Crippen LogP contribution in [0.4, 0.5) is 5.69 Å². The molecule has 2 N–H and O–H groups in total. The van der Waals surface area contributed by atoms with Crippen LogP contribution in [0, 0.1) is 0 Å². The molecule has 5 nitrogen and oxygen atoms in total. The Kier molecular flexibility index (Phi) is 4.28. The highest BCUT2D eigenvalue weighted by Crippen LogP contribution is 2.22. The quantitative estimate of drug-likeness (QED) is 0.843. The fourth-order valence-electron chi connectivity index (χ4n) is 1.07. The number of rotatable bonds is 4. The van der Waals surface area contributed by atoms with Crippen molar-refractivity contribution in [2.24, 2.45) is 0 Å². The summed E-state index contributed by atoms with van der Waals surface area (Å²) in [6, 6.07) is 4.06. The van der Waals surface area contributed by atoms with Gasteiger partial charge in [0.05, 0.1) is 16.3 Å². The Labute approximate surface area is 97.0 Å². The largest absolute Gasteiger partial charge is 0.478 e. The molecule has 0 atom stereocenters. The minimum atomic E-state index is -1.07. The summed E-state index contributed by atoms with van der Waals surface area (Å²) in [7, 11) is 1.40. The van der Waals surface area contributed by atoms with E-state index in [0.717, 1.165) is 0 Å². The Hall–Kier alpha value is -1.59. The molecule has 0 spiro atoms.